The van der Waals surface area contributed by atoms with E-state index in [4.69, 9.17) is 16.0 Å². The first-order valence-corrected chi connectivity index (χ1v) is 10.5. The van der Waals surface area contributed by atoms with Gasteiger partial charge in [0.05, 0.1) is 5.69 Å². The third kappa shape index (κ3) is 3.87. The molecule has 0 atom stereocenters. The Morgan fingerprint density at radius 3 is 2.46 bits per heavy atom. The number of nitrogens with one attached hydrogen (secondary N) is 1. The minimum Gasteiger partial charge on any atom is -0.450 e. The maximum atomic E-state index is 13.1. The van der Waals surface area contributed by atoms with E-state index in [1.54, 1.807) is 30.3 Å². The van der Waals surface area contributed by atoms with Gasteiger partial charge in [-0.25, -0.2) is 0 Å². The Hall–Kier alpha value is -2.11. The van der Waals surface area contributed by atoms with E-state index in [1.165, 1.54) is 6.42 Å². The molecule has 1 aliphatic rings. The lowest BCUT2D eigenvalue weighted by Crippen LogP contribution is -2.25. The van der Waals surface area contributed by atoms with Crippen LogP contribution in [-0.2, 0) is 4.79 Å². The minimum absolute atomic E-state index is 0.0238. The largest absolute Gasteiger partial charge is 0.450 e. The third-order valence-corrected chi connectivity index (χ3v) is 5.93. The summed E-state index contributed by atoms with van der Waals surface area (Å²) in [5.41, 5.74) is 1.45. The summed E-state index contributed by atoms with van der Waals surface area (Å²) in [7, 11) is 0. The van der Waals surface area contributed by atoms with Gasteiger partial charge in [0.25, 0.3) is 0 Å². The van der Waals surface area contributed by atoms with Crippen molar-refractivity contribution in [3.8, 4) is 0 Å². The van der Waals surface area contributed by atoms with Gasteiger partial charge in [0.2, 0.25) is 11.7 Å². The highest BCUT2D eigenvalue weighted by Crippen LogP contribution is 2.35. The highest BCUT2D eigenvalue weighted by molar-refractivity contribution is 9.10. The number of hydrogen-bond acceptors (Lipinski definition) is 3. The SMILES string of the molecule is O=C(c1ccc(Cl)cc1)c1oc2ccc(Br)cc2c1NC(=O)C1CCCCC1. The van der Waals surface area contributed by atoms with E-state index >= 15 is 0 Å². The number of halogens is 2. The first-order valence-electron chi connectivity index (χ1n) is 9.36. The van der Waals surface area contributed by atoms with Crippen LogP contribution in [0.25, 0.3) is 11.0 Å². The zero-order valence-electron chi connectivity index (χ0n) is 15.1. The van der Waals surface area contributed by atoms with Crippen molar-refractivity contribution in [2.24, 2.45) is 5.92 Å². The molecule has 0 spiro atoms. The predicted molar refractivity (Wildman–Crippen MR) is 114 cm³/mol. The maximum absolute atomic E-state index is 13.1. The number of ketones is 1. The fourth-order valence-corrected chi connectivity index (χ4v) is 4.16. The van der Waals surface area contributed by atoms with E-state index in [2.05, 4.69) is 21.2 Å². The van der Waals surface area contributed by atoms with Gasteiger partial charge in [-0.2, -0.15) is 0 Å². The number of benzene rings is 2. The lowest BCUT2D eigenvalue weighted by molar-refractivity contribution is -0.120. The molecule has 3 aromatic rings. The van der Waals surface area contributed by atoms with Gasteiger partial charge in [-0.15, -0.1) is 0 Å². The van der Waals surface area contributed by atoms with E-state index in [0.717, 1.165) is 30.2 Å². The number of furan rings is 1. The molecule has 1 aliphatic carbocycles. The summed E-state index contributed by atoms with van der Waals surface area (Å²) in [4.78, 5) is 25.9. The van der Waals surface area contributed by atoms with Crippen molar-refractivity contribution in [1.29, 1.82) is 0 Å². The summed E-state index contributed by atoms with van der Waals surface area (Å²) in [6.07, 6.45) is 5.06. The summed E-state index contributed by atoms with van der Waals surface area (Å²) >= 11 is 9.39. The van der Waals surface area contributed by atoms with Gasteiger partial charge in [0, 0.05) is 26.4 Å². The third-order valence-electron chi connectivity index (χ3n) is 5.19. The number of fused-ring (bicyclic) bond motifs is 1. The average molecular weight is 461 g/mol. The average Bonchev–Trinajstić information content (AvgIpc) is 3.06. The van der Waals surface area contributed by atoms with E-state index in [1.807, 2.05) is 12.1 Å². The lowest BCUT2D eigenvalue weighted by Gasteiger charge is -2.20. The molecule has 0 saturated heterocycles. The zero-order valence-corrected chi connectivity index (χ0v) is 17.5. The van der Waals surface area contributed by atoms with Crippen molar-refractivity contribution in [2.45, 2.75) is 32.1 Å². The molecular formula is C22H19BrClNO3. The number of anilines is 1. The van der Waals surface area contributed by atoms with Crippen LogP contribution in [0.5, 0.6) is 0 Å². The molecule has 1 heterocycles. The second-order valence-corrected chi connectivity index (χ2v) is 8.46. The summed E-state index contributed by atoms with van der Waals surface area (Å²) < 4.78 is 6.72. The molecule has 4 nitrogen and oxygen atoms in total. The van der Waals surface area contributed by atoms with E-state index in [-0.39, 0.29) is 23.4 Å². The molecule has 1 N–H and O–H groups in total. The standard InChI is InChI=1S/C22H19BrClNO3/c23-15-8-11-18-17(12-15)19(25-22(27)14-4-2-1-3-5-14)21(28-18)20(26)13-6-9-16(24)10-7-13/h6-12,14H,1-5H2,(H,25,27). The van der Waals surface area contributed by atoms with Crippen LogP contribution < -0.4 is 5.32 Å². The second-order valence-electron chi connectivity index (χ2n) is 7.11. The molecule has 0 bridgehead atoms. The Morgan fingerprint density at radius 1 is 1.04 bits per heavy atom. The van der Waals surface area contributed by atoms with Gasteiger partial charge in [-0.3, -0.25) is 9.59 Å². The number of carbonyl (C=O) groups excluding carboxylic acids is 2. The van der Waals surface area contributed by atoms with E-state index < -0.39 is 0 Å². The van der Waals surface area contributed by atoms with Crippen molar-refractivity contribution >= 4 is 55.9 Å². The fourth-order valence-electron chi connectivity index (χ4n) is 3.68. The Morgan fingerprint density at radius 2 is 1.75 bits per heavy atom. The van der Waals surface area contributed by atoms with Gasteiger partial charge in [0.15, 0.2) is 5.76 Å². The van der Waals surface area contributed by atoms with E-state index in [0.29, 0.717) is 27.2 Å². The molecule has 28 heavy (non-hydrogen) atoms. The van der Waals surface area contributed by atoms with Crippen molar-refractivity contribution in [1.82, 2.24) is 0 Å². The number of carbonyl (C=O) groups is 2. The molecule has 1 saturated carbocycles. The predicted octanol–water partition coefficient (Wildman–Crippen LogP) is 6.60. The smallest absolute Gasteiger partial charge is 0.230 e. The quantitative estimate of drug-likeness (QED) is 0.446. The number of hydrogen-bond donors (Lipinski definition) is 1. The number of amides is 1. The summed E-state index contributed by atoms with van der Waals surface area (Å²) in [6, 6.07) is 12.1. The van der Waals surface area contributed by atoms with Gasteiger partial charge in [0.1, 0.15) is 5.58 Å². The molecule has 6 heteroatoms. The molecule has 0 radical (unpaired) electrons. The monoisotopic (exact) mass is 459 g/mol. The molecule has 2 aromatic carbocycles. The zero-order chi connectivity index (χ0) is 19.7. The van der Waals surface area contributed by atoms with Crippen molar-refractivity contribution in [3.05, 3.63) is 63.3 Å². The van der Waals surface area contributed by atoms with Crippen LogP contribution in [-0.4, -0.2) is 11.7 Å². The normalized spacial score (nSPS) is 14.9. The fraction of sp³-hybridized carbons (Fsp3) is 0.273. The van der Waals surface area contributed by atoms with Gasteiger partial charge in [-0.05, 0) is 55.3 Å². The Bertz CT molecular complexity index is 1040. The first-order chi connectivity index (χ1) is 13.5. The van der Waals surface area contributed by atoms with Crippen molar-refractivity contribution in [2.75, 3.05) is 5.32 Å². The van der Waals surface area contributed by atoms with Crippen LogP contribution in [0.15, 0.2) is 51.4 Å². The number of rotatable bonds is 4. The molecule has 1 fully saturated rings. The maximum Gasteiger partial charge on any atom is 0.230 e. The van der Waals surface area contributed by atoms with Crippen molar-refractivity contribution < 1.29 is 14.0 Å². The molecule has 144 valence electrons. The highest BCUT2D eigenvalue weighted by Gasteiger charge is 2.27. The Balaban J connectivity index is 1.75. The minimum atomic E-state index is -0.289. The van der Waals surface area contributed by atoms with Crippen LogP contribution >= 0.6 is 27.5 Å². The highest BCUT2D eigenvalue weighted by atomic mass is 79.9. The Kier molecular flexibility index (Phi) is 5.56. The molecular weight excluding hydrogens is 442 g/mol. The van der Waals surface area contributed by atoms with Gasteiger partial charge in [-0.1, -0.05) is 46.8 Å². The molecule has 4 rings (SSSR count). The van der Waals surface area contributed by atoms with Crippen LogP contribution in [0.2, 0.25) is 5.02 Å². The van der Waals surface area contributed by atoms with Crippen LogP contribution in [0.1, 0.15) is 48.2 Å². The van der Waals surface area contributed by atoms with Gasteiger partial charge >= 0.3 is 0 Å². The van der Waals surface area contributed by atoms with Crippen molar-refractivity contribution in [3.63, 3.8) is 0 Å². The summed E-state index contributed by atoms with van der Waals surface area (Å²) in [5.74, 6) is -0.223. The van der Waals surface area contributed by atoms with Gasteiger partial charge < -0.3 is 9.73 Å². The van der Waals surface area contributed by atoms with E-state index in [9.17, 15) is 9.59 Å². The van der Waals surface area contributed by atoms with Crippen LogP contribution in [0, 0.1) is 5.92 Å². The first kappa shape index (κ1) is 19.2. The van der Waals surface area contributed by atoms with Crippen LogP contribution in [0.4, 0.5) is 5.69 Å². The lowest BCUT2D eigenvalue weighted by atomic mass is 9.88. The molecule has 1 aromatic heterocycles. The van der Waals surface area contributed by atoms with Crippen LogP contribution in [0.3, 0.4) is 0 Å². The molecule has 0 aliphatic heterocycles. The molecule has 1 amide bonds. The molecule has 0 unspecified atom stereocenters. The second kappa shape index (κ2) is 8.10. The summed E-state index contributed by atoms with van der Waals surface area (Å²) in [6.45, 7) is 0. The topological polar surface area (TPSA) is 59.3 Å². The summed E-state index contributed by atoms with van der Waals surface area (Å²) in [5, 5.41) is 4.25. The Labute approximate surface area is 176 Å².